The molecule has 0 spiro atoms. The predicted molar refractivity (Wildman–Crippen MR) is 192 cm³/mol. The Labute approximate surface area is 272 Å². The Bertz CT molecular complexity index is 639. The van der Waals surface area contributed by atoms with Gasteiger partial charge in [-0.3, -0.25) is 0 Å². The summed E-state index contributed by atoms with van der Waals surface area (Å²) in [6, 6.07) is 0. The van der Waals surface area contributed by atoms with Crippen LogP contribution in [0, 0.1) is 0 Å². The quantitative estimate of drug-likeness (QED) is 0.0607. The molecule has 0 unspecified atom stereocenters. The van der Waals surface area contributed by atoms with Crippen LogP contribution < -0.4 is 0 Å². The molecule has 1 heterocycles. The van der Waals surface area contributed by atoms with Crippen LogP contribution in [0.15, 0.2) is 0 Å². The van der Waals surface area contributed by atoms with Gasteiger partial charge in [-0.05, 0) is 42.7 Å². The lowest BCUT2D eigenvalue weighted by molar-refractivity contribution is 0.00808. The molecular formula is C36H78O5Si2. The molecule has 1 N–H and O–H groups in total. The van der Waals surface area contributed by atoms with Gasteiger partial charge in [0, 0.05) is 6.61 Å². The van der Waals surface area contributed by atoms with E-state index in [1.807, 2.05) is 0 Å². The van der Waals surface area contributed by atoms with Crippen molar-refractivity contribution in [3.05, 3.63) is 0 Å². The molecule has 1 aliphatic heterocycles. The molecule has 7 heteroatoms. The van der Waals surface area contributed by atoms with Crippen molar-refractivity contribution in [2.24, 2.45) is 0 Å². The van der Waals surface area contributed by atoms with Gasteiger partial charge in [-0.1, -0.05) is 145 Å². The maximum atomic E-state index is 10.1. The van der Waals surface area contributed by atoms with Gasteiger partial charge in [0.15, 0.2) is 16.6 Å². The van der Waals surface area contributed by atoms with Crippen molar-refractivity contribution in [3.63, 3.8) is 0 Å². The maximum Gasteiger partial charge on any atom is 0.192 e. The Morgan fingerprint density at radius 2 is 1.00 bits per heavy atom. The van der Waals surface area contributed by atoms with E-state index in [1.54, 1.807) is 0 Å². The van der Waals surface area contributed by atoms with Gasteiger partial charge in [-0.2, -0.15) is 0 Å². The largest absolute Gasteiger partial charge is 0.414 e. The molecule has 2 atom stereocenters. The minimum atomic E-state index is -1.78. The average Bonchev–Trinajstić information content (AvgIpc) is 3.74. The second-order valence-corrected chi connectivity index (χ2v) is 25.7. The molecule has 5 nitrogen and oxygen atoms in total. The SMILES string of the molecule is CC(C)(C)[Si](C)(C)OC[C@@H]1CO1.CCCCCCCCCCCCCCCCCCOC[C@H](O)CO[Si](C)(C)C(C)(C)C. The highest BCUT2D eigenvalue weighted by atomic mass is 28.4. The second-order valence-electron chi connectivity index (χ2n) is 16.1. The Morgan fingerprint density at radius 3 is 1.37 bits per heavy atom. The van der Waals surface area contributed by atoms with Gasteiger partial charge in [-0.25, -0.2) is 0 Å². The van der Waals surface area contributed by atoms with E-state index in [1.165, 1.54) is 96.3 Å². The van der Waals surface area contributed by atoms with Gasteiger partial charge >= 0.3 is 0 Å². The minimum absolute atomic E-state index is 0.182. The fraction of sp³-hybridized carbons (Fsp3) is 1.00. The Kier molecular flexibility index (Phi) is 23.7. The third-order valence-electron chi connectivity index (χ3n) is 9.73. The van der Waals surface area contributed by atoms with Crippen LogP contribution in [-0.2, 0) is 18.3 Å². The Morgan fingerprint density at radius 1 is 0.628 bits per heavy atom. The molecular weight excluding hydrogens is 569 g/mol. The standard InChI is InChI=1S/C27H58O3Si.C9H20O2Si/c1-7-8-9-10-11-12-13-14-15-16-17-18-19-20-21-22-23-29-24-26(28)25-30-31(5,6)27(2,3)4;1-9(2,3)12(4,5)11-7-8-6-10-8/h26,28H,7-25H2,1-6H3;8H,6-7H2,1-5H3/t26-;8-/m00/s1. The molecule has 0 aliphatic carbocycles. The van der Waals surface area contributed by atoms with Crippen LogP contribution in [0.5, 0.6) is 0 Å². The van der Waals surface area contributed by atoms with Gasteiger partial charge in [-0.15, -0.1) is 0 Å². The monoisotopic (exact) mass is 647 g/mol. The fourth-order valence-electron chi connectivity index (χ4n) is 4.22. The minimum Gasteiger partial charge on any atom is -0.414 e. The number of unbranched alkanes of at least 4 members (excludes halogenated alkanes) is 15. The molecule has 0 radical (unpaired) electrons. The maximum absolute atomic E-state index is 10.1. The normalized spacial score (nSPS) is 16.6. The first-order valence-corrected chi connectivity index (χ1v) is 24.0. The van der Waals surface area contributed by atoms with Crippen molar-refractivity contribution in [2.45, 2.75) is 200 Å². The van der Waals surface area contributed by atoms with Gasteiger partial charge in [0.2, 0.25) is 0 Å². The third-order valence-corrected chi connectivity index (χ3v) is 18.7. The molecule has 43 heavy (non-hydrogen) atoms. The zero-order valence-electron chi connectivity index (χ0n) is 31.1. The van der Waals surface area contributed by atoms with Crippen LogP contribution in [0.4, 0.5) is 0 Å². The first-order chi connectivity index (χ1) is 20.0. The van der Waals surface area contributed by atoms with Crippen molar-refractivity contribution >= 4 is 16.6 Å². The predicted octanol–water partition coefficient (Wildman–Crippen LogP) is 11.1. The Balaban J connectivity index is 0.00000121. The van der Waals surface area contributed by atoms with E-state index >= 15 is 0 Å². The van der Waals surface area contributed by atoms with Crippen molar-refractivity contribution < 1.29 is 23.4 Å². The number of rotatable bonds is 25. The molecule has 0 bridgehead atoms. The summed E-state index contributed by atoms with van der Waals surface area (Å²) in [6.45, 7) is 28.0. The fourth-order valence-corrected chi connectivity index (χ4v) is 6.30. The summed E-state index contributed by atoms with van der Waals surface area (Å²) in [5, 5.41) is 10.6. The summed E-state index contributed by atoms with van der Waals surface area (Å²) >= 11 is 0. The average molecular weight is 647 g/mol. The number of aliphatic hydroxyl groups is 1. The highest BCUT2D eigenvalue weighted by Crippen LogP contribution is 2.37. The van der Waals surface area contributed by atoms with Crippen LogP contribution in [-0.4, -0.2) is 67.0 Å². The number of hydrogen-bond acceptors (Lipinski definition) is 5. The van der Waals surface area contributed by atoms with Crippen LogP contribution >= 0.6 is 0 Å². The zero-order chi connectivity index (χ0) is 32.8. The highest BCUT2D eigenvalue weighted by molar-refractivity contribution is 6.74. The van der Waals surface area contributed by atoms with Crippen molar-refractivity contribution in [1.29, 1.82) is 0 Å². The van der Waals surface area contributed by atoms with Crippen molar-refractivity contribution in [2.75, 3.05) is 33.0 Å². The first-order valence-electron chi connectivity index (χ1n) is 18.2. The van der Waals surface area contributed by atoms with Gasteiger partial charge in [0.05, 0.1) is 32.5 Å². The molecule has 0 saturated carbocycles. The number of ether oxygens (including phenoxy) is 2. The van der Waals surface area contributed by atoms with Crippen molar-refractivity contribution in [3.8, 4) is 0 Å². The van der Waals surface area contributed by atoms with E-state index in [4.69, 9.17) is 18.3 Å². The molecule has 1 rings (SSSR count). The third kappa shape index (κ3) is 24.1. The lowest BCUT2D eigenvalue weighted by atomic mass is 10.0. The second kappa shape index (κ2) is 23.5. The molecule has 260 valence electrons. The Hall–Kier alpha value is 0.234. The number of epoxide rings is 1. The van der Waals surface area contributed by atoms with E-state index in [9.17, 15) is 5.11 Å². The molecule has 1 aliphatic rings. The van der Waals surface area contributed by atoms with E-state index in [2.05, 4.69) is 74.7 Å². The molecule has 1 saturated heterocycles. The molecule has 0 aromatic heterocycles. The molecule has 0 amide bonds. The lowest BCUT2D eigenvalue weighted by Gasteiger charge is -2.36. The van der Waals surface area contributed by atoms with E-state index in [-0.39, 0.29) is 5.04 Å². The number of aliphatic hydroxyl groups excluding tert-OH is 1. The summed E-state index contributed by atoms with van der Waals surface area (Å²) in [4.78, 5) is 0. The van der Waals surface area contributed by atoms with E-state index in [0.29, 0.717) is 24.4 Å². The number of hydrogen-bond donors (Lipinski definition) is 1. The first kappa shape index (κ1) is 43.2. The van der Waals surface area contributed by atoms with Gasteiger partial charge in [0.1, 0.15) is 6.10 Å². The molecule has 1 fully saturated rings. The van der Waals surface area contributed by atoms with Crippen LogP contribution in [0.2, 0.25) is 36.3 Å². The summed E-state index contributed by atoms with van der Waals surface area (Å²) in [5.74, 6) is 0. The topological polar surface area (TPSA) is 60.5 Å². The summed E-state index contributed by atoms with van der Waals surface area (Å²) < 4.78 is 22.7. The van der Waals surface area contributed by atoms with Crippen LogP contribution in [0.1, 0.15) is 151 Å². The summed E-state index contributed by atoms with van der Waals surface area (Å²) in [7, 11) is -3.28. The van der Waals surface area contributed by atoms with E-state index < -0.39 is 22.7 Å². The lowest BCUT2D eigenvalue weighted by Crippen LogP contribution is -2.43. The molecule has 0 aromatic carbocycles. The van der Waals surface area contributed by atoms with Crippen LogP contribution in [0.3, 0.4) is 0 Å². The highest BCUT2D eigenvalue weighted by Gasteiger charge is 2.39. The zero-order valence-corrected chi connectivity index (χ0v) is 33.1. The van der Waals surface area contributed by atoms with Gasteiger partial charge in [0.25, 0.3) is 0 Å². The smallest absolute Gasteiger partial charge is 0.192 e. The summed E-state index contributed by atoms with van der Waals surface area (Å²) in [5.41, 5.74) is 0. The van der Waals surface area contributed by atoms with Crippen molar-refractivity contribution in [1.82, 2.24) is 0 Å². The summed E-state index contributed by atoms with van der Waals surface area (Å²) in [6.07, 6.45) is 22.0. The van der Waals surface area contributed by atoms with Crippen LogP contribution in [0.25, 0.3) is 0 Å². The molecule has 0 aromatic rings. The van der Waals surface area contributed by atoms with E-state index in [0.717, 1.165) is 26.2 Å². The van der Waals surface area contributed by atoms with Gasteiger partial charge < -0.3 is 23.4 Å².